The highest BCUT2D eigenvalue weighted by Crippen LogP contribution is 2.18. The van der Waals surface area contributed by atoms with E-state index in [9.17, 15) is 4.39 Å². The summed E-state index contributed by atoms with van der Waals surface area (Å²) >= 11 is 0. The summed E-state index contributed by atoms with van der Waals surface area (Å²) in [5.41, 5.74) is 7.51. The molecule has 0 fully saturated rings. The Morgan fingerprint density at radius 2 is 2.00 bits per heavy atom. The van der Waals surface area contributed by atoms with E-state index in [0.717, 1.165) is 5.56 Å². The van der Waals surface area contributed by atoms with Gasteiger partial charge in [-0.3, -0.25) is 0 Å². The van der Waals surface area contributed by atoms with Crippen LogP contribution in [0.5, 0.6) is 0 Å². The number of nitrogens with two attached hydrogens (primary N) is 1. The Bertz CT molecular complexity index is 514. The topological polar surface area (TPSA) is 42.1 Å². The molecule has 17 heavy (non-hydrogen) atoms. The first-order valence-electron chi connectivity index (χ1n) is 5.33. The van der Waals surface area contributed by atoms with Gasteiger partial charge in [-0.15, -0.1) is 0 Å². The quantitative estimate of drug-likeness (QED) is 0.825. The molecule has 0 saturated heterocycles. The Balaban J connectivity index is 2.20. The zero-order valence-electron chi connectivity index (χ0n) is 9.60. The van der Waals surface area contributed by atoms with Gasteiger partial charge >= 0.3 is 0 Å². The summed E-state index contributed by atoms with van der Waals surface area (Å²) in [6.07, 6.45) is 1.57. The van der Waals surface area contributed by atoms with Crippen LogP contribution in [0.4, 0.5) is 15.9 Å². The first-order valence-corrected chi connectivity index (χ1v) is 5.33. The highest BCUT2D eigenvalue weighted by atomic mass is 19.1. The zero-order valence-corrected chi connectivity index (χ0v) is 9.60. The molecule has 2 aromatic rings. The maximum Gasteiger partial charge on any atom is 0.165 e. The summed E-state index contributed by atoms with van der Waals surface area (Å²) in [6, 6.07) is 10.5. The summed E-state index contributed by atoms with van der Waals surface area (Å²) in [5, 5.41) is 0. The number of rotatable bonds is 3. The smallest absolute Gasteiger partial charge is 0.165 e. The Morgan fingerprint density at radius 1 is 1.24 bits per heavy atom. The highest BCUT2D eigenvalue weighted by Gasteiger charge is 2.09. The average molecular weight is 231 g/mol. The molecule has 3 nitrogen and oxygen atoms in total. The van der Waals surface area contributed by atoms with Gasteiger partial charge in [-0.2, -0.15) is 0 Å². The van der Waals surface area contributed by atoms with Crippen LogP contribution < -0.4 is 10.6 Å². The molecule has 88 valence electrons. The second kappa shape index (κ2) is 4.82. The predicted molar refractivity (Wildman–Crippen MR) is 67.2 cm³/mol. The second-order valence-corrected chi connectivity index (χ2v) is 3.86. The van der Waals surface area contributed by atoms with Crippen LogP contribution in [0.1, 0.15) is 5.56 Å². The summed E-state index contributed by atoms with van der Waals surface area (Å²) in [7, 11) is 1.79. The lowest BCUT2D eigenvalue weighted by Crippen LogP contribution is -2.19. The van der Waals surface area contributed by atoms with E-state index in [4.69, 9.17) is 5.73 Å². The predicted octanol–water partition coefficient (Wildman–Crippen LogP) is 2.44. The SMILES string of the molecule is CN(Cc1ccccc1N)c1ncccc1F. The van der Waals surface area contributed by atoms with Gasteiger partial charge < -0.3 is 10.6 Å². The molecule has 0 aliphatic heterocycles. The van der Waals surface area contributed by atoms with Gasteiger partial charge in [0.2, 0.25) is 0 Å². The summed E-state index contributed by atoms with van der Waals surface area (Å²) in [6.45, 7) is 0.528. The average Bonchev–Trinajstić information content (AvgIpc) is 2.32. The molecule has 0 amide bonds. The first-order chi connectivity index (χ1) is 8.18. The number of nitrogens with zero attached hydrogens (tertiary/aromatic N) is 2. The van der Waals surface area contributed by atoms with Crippen molar-refractivity contribution in [2.24, 2.45) is 0 Å². The molecular formula is C13H14FN3. The number of halogens is 1. The van der Waals surface area contributed by atoms with Crippen molar-refractivity contribution in [3.8, 4) is 0 Å². The molecule has 4 heteroatoms. The standard InChI is InChI=1S/C13H14FN3/c1-17(13-11(14)6-4-8-16-13)9-10-5-2-3-7-12(10)15/h2-8H,9,15H2,1H3. The first kappa shape index (κ1) is 11.4. The molecule has 0 bridgehead atoms. The molecule has 1 aromatic heterocycles. The maximum absolute atomic E-state index is 13.5. The van der Waals surface area contributed by atoms with E-state index in [1.54, 1.807) is 24.2 Å². The van der Waals surface area contributed by atoms with E-state index >= 15 is 0 Å². The van der Waals surface area contributed by atoms with Crippen molar-refractivity contribution in [2.45, 2.75) is 6.54 Å². The largest absolute Gasteiger partial charge is 0.398 e. The lowest BCUT2D eigenvalue weighted by molar-refractivity contribution is 0.615. The van der Waals surface area contributed by atoms with Gasteiger partial charge in [-0.05, 0) is 23.8 Å². The number of anilines is 2. The third-order valence-electron chi connectivity index (χ3n) is 2.56. The number of nitrogen functional groups attached to an aromatic ring is 1. The van der Waals surface area contributed by atoms with Crippen molar-refractivity contribution in [2.75, 3.05) is 17.7 Å². The third-order valence-corrected chi connectivity index (χ3v) is 2.56. The number of para-hydroxylation sites is 1. The van der Waals surface area contributed by atoms with Crippen LogP contribution in [-0.4, -0.2) is 12.0 Å². The van der Waals surface area contributed by atoms with Crippen molar-refractivity contribution >= 4 is 11.5 Å². The molecule has 0 spiro atoms. The summed E-state index contributed by atoms with van der Waals surface area (Å²) in [5.74, 6) is 0.000237. The maximum atomic E-state index is 13.5. The van der Waals surface area contributed by atoms with E-state index in [2.05, 4.69) is 4.98 Å². The lowest BCUT2D eigenvalue weighted by atomic mass is 10.2. The van der Waals surface area contributed by atoms with Gasteiger partial charge in [-0.25, -0.2) is 9.37 Å². The molecule has 0 atom stereocenters. The number of pyridine rings is 1. The van der Waals surface area contributed by atoms with Crippen molar-refractivity contribution in [3.63, 3.8) is 0 Å². The van der Waals surface area contributed by atoms with Crippen LogP contribution in [0, 0.1) is 5.82 Å². The van der Waals surface area contributed by atoms with Crippen molar-refractivity contribution in [3.05, 3.63) is 54.0 Å². The van der Waals surface area contributed by atoms with Gasteiger partial charge in [0.1, 0.15) is 0 Å². The van der Waals surface area contributed by atoms with Crippen LogP contribution in [0.25, 0.3) is 0 Å². The number of hydrogen-bond acceptors (Lipinski definition) is 3. The molecule has 1 heterocycles. The molecule has 2 N–H and O–H groups in total. The van der Waals surface area contributed by atoms with Gasteiger partial charge in [0.15, 0.2) is 11.6 Å². The Morgan fingerprint density at radius 3 is 2.71 bits per heavy atom. The van der Waals surface area contributed by atoms with E-state index in [1.165, 1.54) is 6.07 Å². The van der Waals surface area contributed by atoms with Crippen molar-refractivity contribution in [1.29, 1.82) is 0 Å². The fourth-order valence-electron chi connectivity index (χ4n) is 1.67. The Labute approximate surface area is 99.7 Å². The van der Waals surface area contributed by atoms with Crippen molar-refractivity contribution < 1.29 is 4.39 Å². The van der Waals surface area contributed by atoms with Crippen LogP contribution in [0.15, 0.2) is 42.6 Å². The van der Waals surface area contributed by atoms with E-state index < -0.39 is 0 Å². The Hall–Kier alpha value is -2.10. The normalized spacial score (nSPS) is 10.2. The molecule has 0 aliphatic rings. The van der Waals surface area contributed by atoms with Gasteiger partial charge in [0.05, 0.1) is 0 Å². The van der Waals surface area contributed by atoms with Gasteiger partial charge in [-0.1, -0.05) is 18.2 Å². The minimum atomic E-state index is -0.329. The van der Waals surface area contributed by atoms with Gasteiger partial charge in [0.25, 0.3) is 0 Å². The Kier molecular flexibility index (Phi) is 3.23. The van der Waals surface area contributed by atoms with E-state index in [1.807, 2.05) is 24.3 Å². The van der Waals surface area contributed by atoms with Crippen LogP contribution in [0.2, 0.25) is 0 Å². The van der Waals surface area contributed by atoms with Crippen LogP contribution in [0.3, 0.4) is 0 Å². The molecule has 0 saturated carbocycles. The van der Waals surface area contributed by atoms with Crippen LogP contribution in [-0.2, 0) is 6.54 Å². The van der Waals surface area contributed by atoms with Gasteiger partial charge in [0, 0.05) is 25.5 Å². The zero-order chi connectivity index (χ0) is 12.3. The monoisotopic (exact) mass is 231 g/mol. The molecular weight excluding hydrogens is 217 g/mol. The van der Waals surface area contributed by atoms with E-state index in [0.29, 0.717) is 18.1 Å². The van der Waals surface area contributed by atoms with Crippen molar-refractivity contribution in [1.82, 2.24) is 4.98 Å². The third kappa shape index (κ3) is 2.53. The van der Waals surface area contributed by atoms with E-state index in [-0.39, 0.29) is 5.82 Å². The summed E-state index contributed by atoms with van der Waals surface area (Å²) in [4.78, 5) is 5.75. The molecule has 1 aromatic carbocycles. The minimum Gasteiger partial charge on any atom is -0.398 e. The molecule has 0 radical (unpaired) electrons. The number of hydrogen-bond donors (Lipinski definition) is 1. The number of benzene rings is 1. The highest BCUT2D eigenvalue weighted by molar-refractivity contribution is 5.49. The fourth-order valence-corrected chi connectivity index (χ4v) is 1.67. The molecule has 0 aliphatic carbocycles. The number of aromatic nitrogens is 1. The van der Waals surface area contributed by atoms with Crippen LogP contribution >= 0.6 is 0 Å². The fraction of sp³-hybridized carbons (Fsp3) is 0.154. The molecule has 0 unspecified atom stereocenters. The minimum absolute atomic E-state index is 0.329. The molecule has 2 rings (SSSR count). The lowest BCUT2D eigenvalue weighted by Gasteiger charge is -2.19. The summed E-state index contributed by atoms with van der Waals surface area (Å²) < 4.78 is 13.5. The second-order valence-electron chi connectivity index (χ2n) is 3.86.